The number of urea groups is 1. The van der Waals surface area contributed by atoms with Gasteiger partial charge in [-0.25, -0.2) is 4.79 Å². The number of halogens is 1. The van der Waals surface area contributed by atoms with Gasteiger partial charge in [0.2, 0.25) is 5.91 Å². The number of hydrogen-bond donors (Lipinski definition) is 1. The van der Waals surface area contributed by atoms with Crippen LogP contribution in [0.5, 0.6) is 0 Å². The molecule has 0 unspecified atom stereocenters. The first-order valence-electron chi connectivity index (χ1n) is 4.52. The van der Waals surface area contributed by atoms with Crippen LogP contribution in [0.2, 0.25) is 0 Å². The van der Waals surface area contributed by atoms with E-state index in [-0.39, 0.29) is 18.2 Å². The number of carbonyl (C=O) groups is 2. The summed E-state index contributed by atoms with van der Waals surface area (Å²) in [6, 6.07) is -0.454. The molecular weight excluding hydrogens is 216 g/mol. The lowest BCUT2D eigenvalue weighted by Gasteiger charge is -2.18. The number of carbonyl (C=O) groups excluding carboxylic acids is 2. The van der Waals surface area contributed by atoms with E-state index in [1.54, 1.807) is 12.2 Å². The maximum absolute atomic E-state index is 11.5. The van der Waals surface area contributed by atoms with E-state index in [9.17, 15) is 9.59 Å². The maximum Gasteiger partial charge on any atom is 0.324 e. The van der Waals surface area contributed by atoms with Gasteiger partial charge in [0.1, 0.15) is 0 Å². The summed E-state index contributed by atoms with van der Waals surface area (Å²) in [5, 5.41) is 2.22. The molecule has 0 bridgehead atoms. The van der Waals surface area contributed by atoms with E-state index in [1.165, 1.54) is 4.90 Å². The predicted octanol–water partition coefficient (Wildman–Crippen LogP) is 1.53. The van der Waals surface area contributed by atoms with Gasteiger partial charge >= 0.3 is 6.03 Å². The molecule has 0 aliphatic carbocycles. The lowest BCUT2D eigenvalue weighted by Crippen LogP contribution is -2.43. The van der Waals surface area contributed by atoms with Gasteiger partial charge in [-0.3, -0.25) is 10.1 Å². The third-order valence-electron chi connectivity index (χ3n) is 1.55. The second-order valence-corrected chi connectivity index (χ2v) is 3.15. The fraction of sp³-hybridized carbons (Fsp3) is 0.400. The normalized spacial score (nSPS) is 9.13. The molecule has 3 amide bonds. The molecule has 0 radical (unpaired) electrons. The van der Waals surface area contributed by atoms with Crippen LogP contribution in [0, 0.1) is 0 Å². The van der Waals surface area contributed by atoms with Crippen molar-refractivity contribution in [2.75, 3.05) is 19.0 Å². The molecule has 0 rings (SSSR count). The van der Waals surface area contributed by atoms with Gasteiger partial charge in [-0.15, -0.1) is 24.8 Å². The lowest BCUT2D eigenvalue weighted by atomic mass is 10.4. The summed E-state index contributed by atoms with van der Waals surface area (Å²) in [6.07, 6.45) is 3.29. The standard InChI is InChI=1S/C10H15ClN2O2/c1-3-7-13(8-4-2)10(15)12-9(14)5-6-11/h3-4H,1-2,5-8H2,(H,12,14,15). The molecule has 0 saturated carbocycles. The van der Waals surface area contributed by atoms with Gasteiger partial charge in [0.15, 0.2) is 0 Å². The minimum atomic E-state index is -0.454. The van der Waals surface area contributed by atoms with Crippen LogP contribution < -0.4 is 5.32 Å². The molecule has 1 N–H and O–H groups in total. The zero-order chi connectivity index (χ0) is 11.7. The Bertz CT molecular complexity index is 244. The molecule has 0 atom stereocenters. The highest BCUT2D eigenvalue weighted by atomic mass is 35.5. The van der Waals surface area contributed by atoms with Crippen molar-refractivity contribution in [2.24, 2.45) is 0 Å². The third-order valence-corrected chi connectivity index (χ3v) is 1.74. The van der Waals surface area contributed by atoms with E-state index in [1.807, 2.05) is 0 Å². The van der Waals surface area contributed by atoms with Gasteiger partial charge < -0.3 is 4.90 Å². The van der Waals surface area contributed by atoms with Crippen LogP contribution in [0.4, 0.5) is 4.79 Å². The molecule has 0 aliphatic heterocycles. The van der Waals surface area contributed by atoms with Crippen molar-refractivity contribution in [3.05, 3.63) is 25.3 Å². The van der Waals surface area contributed by atoms with Gasteiger partial charge in [-0.05, 0) is 0 Å². The van der Waals surface area contributed by atoms with Crippen molar-refractivity contribution in [3.63, 3.8) is 0 Å². The Labute approximate surface area is 94.6 Å². The Morgan fingerprint density at radius 1 is 1.27 bits per heavy atom. The van der Waals surface area contributed by atoms with Gasteiger partial charge in [0, 0.05) is 25.4 Å². The quantitative estimate of drug-likeness (QED) is 0.556. The van der Waals surface area contributed by atoms with E-state index in [4.69, 9.17) is 11.6 Å². The van der Waals surface area contributed by atoms with E-state index < -0.39 is 6.03 Å². The Balaban J connectivity index is 4.17. The van der Waals surface area contributed by atoms with Crippen LogP contribution in [0.15, 0.2) is 25.3 Å². The fourth-order valence-corrected chi connectivity index (χ4v) is 1.07. The van der Waals surface area contributed by atoms with Crippen LogP contribution in [0.3, 0.4) is 0 Å². The van der Waals surface area contributed by atoms with E-state index >= 15 is 0 Å². The minimum Gasteiger partial charge on any atom is -0.317 e. The fourth-order valence-electron chi connectivity index (χ4n) is 0.899. The van der Waals surface area contributed by atoms with Crippen molar-refractivity contribution < 1.29 is 9.59 Å². The zero-order valence-corrected chi connectivity index (χ0v) is 9.29. The molecule has 84 valence electrons. The monoisotopic (exact) mass is 230 g/mol. The molecule has 0 saturated heterocycles. The molecule has 0 fully saturated rings. The molecule has 5 heteroatoms. The van der Waals surface area contributed by atoms with Crippen molar-refractivity contribution in [3.8, 4) is 0 Å². The number of imide groups is 1. The first-order valence-corrected chi connectivity index (χ1v) is 5.05. The Kier molecular flexibility index (Phi) is 7.36. The maximum atomic E-state index is 11.5. The zero-order valence-electron chi connectivity index (χ0n) is 8.54. The number of rotatable bonds is 6. The highest BCUT2D eigenvalue weighted by Gasteiger charge is 2.12. The summed E-state index contributed by atoms with van der Waals surface area (Å²) in [5.41, 5.74) is 0. The predicted molar refractivity (Wildman–Crippen MR) is 60.8 cm³/mol. The summed E-state index contributed by atoms with van der Waals surface area (Å²) in [7, 11) is 0. The largest absolute Gasteiger partial charge is 0.324 e. The second-order valence-electron chi connectivity index (χ2n) is 2.77. The molecule has 0 spiro atoms. The van der Waals surface area contributed by atoms with Crippen molar-refractivity contribution in [2.45, 2.75) is 6.42 Å². The van der Waals surface area contributed by atoms with Gasteiger partial charge in [0.25, 0.3) is 0 Å². The smallest absolute Gasteiger partial charge is 0.317 e. The average molecular weight is 231 g/mol. The molecule has 15 heavy (non-hydrogen) atoms. The summed E-state index contributed by atoms with van der Waals surface area (Å²) >= 11 is 5.36. The number of nitrogens with one attached hydrogen (secondary N) is 1. The molecular formula is C10H15ClN2O2. The highest BCUT2D eigenvalue weighted by molar-refractivity contribution is 6.19. The van der Waals surface area contributed by atoms with Crippen molar-refractivity contribution in [1.82, 2.24) is 10.2 Å². The van der Waals surface area contributed by atoms with Crippen molar-refractivity contribution in [1.29, 1.82) is 0 Å². The first-order chi connectivity index (χ1) is 7.15. The van der Waals surface area contributed by atoms with E-state index in [0.717, 1.165) is 0 Å². The van der Waals surface area contributed by atoms with Crippen LogP contribution in [-0.2, 0) is 4.79 Å². The number of alkyl halides is 1. The van der Waals surface area contributed by atoms with Crippen molar-refractivity contribution >= 4 is 23.5 Å². The summed E-state index contributed by atoms with van der Waals surface area (Å²) in [6.45, 7) is 7.77. The van der Waals surface area contributed by atoms with Gasteiger partial charge in [0.05, 0.1) is 0 Å². The Hall–Kier alpha value is -1.29. The van der Waals surface area contributed by atoms with Crippen LogP contribution in [0.1, 0.15) is 6.42 Å². The van der Waals surface area contributed by atoms with Crippen LogP contribution in [0.25, 0.3) is 0 Å². The number of amides is 3. The van der Waals surface area contributed by atoms with E-state index in [0.29, 0.717) is 13.1 Å². The topological polar surface area (TPSA) is 49.4 Å². The van der Waals surface area contributed by atoms with Crippen LogP contribution >= 0.6 is 11.6 Å². The number of nitrogens with zero attached hydrogens (tertiary/aromatic N) is 1. The molecule has 0 aromatic heterocycles. The lowest BCUT2D eigenvalue weighted by molar-refractivity contribution is -0.119. The molecule has 0 aromatic carbocycles. The van der Waals surface area contributed by atoms with Gasteiger partial charge in [-0.1, -0.05) is 12.2 Å². The Morgan fingerprint density at radius 3 is 2.20 bits per heavy atom. The summed E-state index contributed by atoms with van der Waals surface area (Å²) < 4.78 is 0. The highest BCUT2D eigenvalue weighted by Crippen LogP contribution is 1.92. The molecule has 0 heterocycles. The SMILES string of the molecule is C=CCN(CC=C)C(=O)NC(=O)CCCl. The Morgan fingerprint density at radius 2 is 1.80 bits per heavy atom. The minimum absolute atomic E-state index is 0.128. The third kappa shape index (κ3) is 5.91. The molecule has 0 aromatic rings. The molecule has 4 nitrogen and oxygen atoms in total. The summed E-state index contributed by atoms with van der Waals surface area (Å²) in [5.74, 6) is -0.185. The second kappa shape index (κ2) is 8.05. The van der Waals surface area contributed by atoms with Gasteiger partial charge in [-0.2, -0.15) is 0 Å². The summed E-state index contributed by atoms with van der Waals surface area (Å²) in [4.78, 5) is 23.9. The molecule has 0 aliphatic rings. The number of hydrogen-bond acceptors (Lipinski definition) is 2. The first kappa shape index (κ1) is 13.7. The average Bonchev–Trinajstić information content (AvgIpc) is 2.17. The van der Waals surface area contributed by atoms with E-state index in [2.05, 4.69) is 18.5 Å². The van der Waals surface area contributed by atoms with Crippen LogP contribution in [-0.4, -0.2) is 35.8 Å².